The van der Waals surface area contributed by atoms with Gasteiger partial charge in [-0.3, -0.25) is 4.79 Å². The van der Waals surface area contributed by atoms with Crippen LogP contribution in [0.3, 0.4) is 0 Å². The summed E-state index contributed by atoms with van der Waals surface area (Å²) in [6, 6.07) is 24.2. The van der Waals surface area contributed by atoms with Crippen LogP contribution in [0, 0.1) is 0 Å². The van der Waals surface area contributed by atoms with Gasteiger partial charge in [0, 0.05) is 24.7 Å². The largest absolute Gasteiger partial charge is 0.454 e. The number of nitrogens with zero attached hydrogens (tertiary/aromatic N) is 2. The third kappa shape index (κ3) is 4.81. The summed E-state index contributed by atoms with van der Waals surface area (Å²) in [7, 11) is 0. The predicted molar refractivity (Wildman–Crippen MR) is 131 cm³/mol. The number of carbonyl (C=O) groups excluding carboxylic acids is 1. The number of nitrogens with one attached hydrogen (secondary N) is 1. The first-order valence-corrected chi connectivity index (χ1v) is 11.6. The van der Waals surface area contributed by atoms with E-state index in [2.05, 4.69) is 36.5 Å². The maximum Gasteiger partial charge on any atom is 0.231 e. The molecule has 1 amide bonds. The molecule has 1 aliphatic rings. The molecule has 0 spiro atoms. The van der Waals surface area contributed by atoms with Crippen molar-refractivity contribution >= 4 is 5.91 Å². The lowest BCUT2D eigenvalue weighted by atomic mass is 10.0. The lowest BCUT2D eigenvalue weighted by Gasteiger charge is -2.07. The molecule has 0 saturated heterocycles. The van der Waals surface area contributed by atoms with Gasteiger partial charge in [-0.25, -0.2) is 4.68 Å². The molecule has 0 saturated carbocycles. The quantitative estimate of drug-likeness (QED) is 0.404. The average molecular weight is 454 g/mol. The van der Waals surface area contributed by atoms with Gasteiger partial charge in [0.15, 0.2) is 11.5 Å². The molecule has 6 heteroatoms. The van der Waals surface area contributed by atoms with Gasteiger partial charge >= 0.3 is 0 Å². The van der Waals surface area contributed by atoms with Crippen LogP contribution in [0.1, 0.15) is 30.0 Å². The van der Waals surface area contributed by atoms with E-state index in [4.69, 9.17) is 14.6 Å². The summed E-state index contributed by atoms with van der Waals surface area (Å²) in [4.78, 5) is 12.6. The van der Waals surface area contributed by atoms with Gasteiger partial charge < -0.3 is 14.8 Å². The number of aromatic nitrogens is 2. The fraction of sp³-hybridized carbons (Fsp3) is 0.214. The number of hydrogen-bond donors (Lipinski definition) is 1. The third-order valence-electron chi connectivity index (χ3n) is 6.00. The van der Waals surface area contributed by atoms with E-state index in [1.54, 1.807) is 0 Å². The van der Waals surface area contributed by atoms with Crippen molar-refractivity contribution in [3.8, 4) is 28.4 Å². The highest BCUT2D eigenvalue weighted by molar-refractivity contribution is 5.77. The maximum atomic E-state index is 12.6. The van der Waals surface area contributed by atoms with Gasteiger partial charge in [0.2, 0.25) is 12.7 Å². The molecule has 1 aliphatic heterocycles. The van der Waals surface area contributed by atoms with E-state index < -0.39 is 0 Å². The molecule has 3 aromatic carbocycles. The molecule has 4 aromatic rings. The van der Waals surface area contributed by atoms with E-state index in [0.29, 0.717) is 25.1 Å². The first-order chi connectivity index (χ1) is 16.7. The number of amides is 1. The van der Waals surface area contributed by atoms with E-state index in [-0.39, 0.29) is 12.7 Å². The molecular formula is C28H27N3O3. The highest BCUT2D eigenvalue weighted by atomic mass is 16.7. The van der Waals surface area contributed by atoms with Crippen molar-refractivity contribution in [2.45, 2.75) is 32.7 Å². The van der Waals surface area contributed by atoms with E-state index >= 15 is 0 Å². The van der Waals surface area contributed by atoms with Crippen molar-refractivity contribution in [2.75, 3.05) is 6.79 Å². The molecule has 1 aromatic heterocycles. The van der Waals surface area contributed by atoms with E-state index in [9.17, 15) is 4.79 Å². The van der Waals surface area contributed by atoms with Gasteiger partial charge in [0.25, 0.3) is 0 Å². The van der Waals surface area contributed by atoms with Crippen molar-refractivity contribution in [2.24, 2.45) is 0 Å². The zero-order valence-corrected chi connectivity index (χ0v) is 19.2. The number of hydrogen-bond acceptors (Lipinski definition) is 4. The Morgan fingerprint density at radius 1 is 0.971 bits per heavy atom. The van der Waals surface area contributed by atoms with Crippen LogP contribution >= 0.6 is 0 Å². The SMILES string of the molecule is CCc1ccc(CNC(=O)CCc2cn(-c3ccccc3)nc2-c2ccc3c(c2)OCO3)cc1. The number of aryl methyl sites for hydroxylation is 2. The second-order valence-corrected chi connectivity index (χ2v) is 8.30. The van der Waals surface area contributed by atoms with Crippen molar-refractivity contribution in [3.05, 3.63) is 95.7 Å². The van der Waals surface area contributed by atoms with Crippen LogP contribution in [0.15, 0.2) is 79.0 Å². The molecule has 1 N–H and O–H groups in total. The molecule has 172 valence electrons. The molecule has 34 heavy (non-hydrogen) atoms. The van der Waals surface area contributed by atoms with Crippen LogP contribution in [-0.2, 0) is 24.2 Å². The van der Waals surface area contributed by atoms with E-state index in [1.807, 2.05) is 59.4 Å². The minimum atomic E-state index is 0.0173. The monoisotopic (exact) mass is 453 g/mol. The Balaban J connectivity index is 1.32. The van der Waals surface area contributed by atoms with Crippen LogP contribution in [0.4, 0.5) is 0 Å². The highest BCUT2D eigenvalue weighted by Gasteiger charge is 2.18. The smallest absolute Gasteiger partial charge is 0.231 e. The molecule has 0 aliphatic carbocycles. The molecule has 0 radical (unpaired) electrons. The number of benzene rings is 3. The summed E-state index contributed by atoms with van der Waals surface area (Å²) in [6.45, 7) is 2.89. The minimum absolute atomic E-state index is 0.0173. The van der Waals surface area contributed by atoms with Crippen molar-refractivity contribution < 1.29 is 14.3 Å². The summed E-state index contributed by atoms with van der Waals surface area (Å²) < 4.78 is 12.9. The topological polar surface area (TPSA) is 65.4 Å². The Morgan fingerprint density at radius 3 is 2.53 bits per heavy atom. The fourth-order valence-electron chi connectivity index (χ4n) is 4.02. The Labute approximate surface area is 199 Å². The van der Waals surface area contributed by atoms with Crippen LogP contribution in [0.25, 0.3) is 16.9 Å². The standard InChI is InChI=1S/C28H27N3O3/c1-2-20-8-10-21(11-9-20)17-29-27(32)15-13-23-18-31(24-6-4-3-5-7-24)30-28(23)22-12-14-25-26(16-22)34-19-33-25/h3-12,14,16,18H,2,13,15,17,19H2,1H3,(H,29,32). The lowest BCUT2D eigenvalue weighted by Crippen LogP contribution is -2.23. The highest BCUT2D eigenvalue weighted by Crippen LogP contribution is 2.36. The van der Waals surface area contributed by atoms with E-state index in [1.165, 1.54) is 5.56 Å². The molecule has 0 unspecified atom stereocenters. The van der Waals surface area contributed by atoms with Crippen LogP contribution in [0.2, 0.25) is 0 Å². The summed E-state index contributed by atoms with van der Waals surface area (Å²) in [6.07, 6.45) is 3.98. The van der Waals surface area contributed by atoms with Gasteiger partial charge in [0.05, 0.1) is 11.4 Å². The normalized spacial score (nSPS) is 12.0. The molecule has 6 nitrogen and oxygen atoms in total. The van der Waals surface area contributed by atoms with Gasteiger partial charge in [0.1, 0.15) is 0 Å². The zero-order chi connectivity index (χ0) is 23.3. The number of fused-ring (bicyclic) bond motifs is 1. The van der Waals surface area contributed by atoms with Gasteiger partial charge in [-0.1, -0.05) is 49.4 Å². The fourth-order valence-corrected chi connectivity index (χ4v) is 4.02. The summed E-state index contributed by atoms with van der Waals surface area (Å²) in [5.74, 6) is 1.47. The minimum Gasteiger partial charge on any atom is -0.454 e. The number of ether oxygens (including phenoxy) is 2. The number of rotatable bonds is 8. The van der Waals surface area contributed by atoms with Crippen molar-refractivity contribution in [3.63, 3.8) is 0 Å². The third-order valence-corrected chi connectivity index (χ3v) is 6.00. The number of para-hydroxylation sites is 1. The van der Waals surface area contributed by atoms with Gasteiger partial charge in [-0.2, -0.15) is 5.10 Å². The Hall–Kier alpha value is -4.06. The van der Waals surface area contributed by atoms with Crippen molar-refractivity contribution in [1.82, 2.24) is 15.1 Å². The molecule has 5 rings (SSSR count). The van der Waals surface area contributed by atoms with Crippen LogP contribution < -0.4 is 14.8 Å². The first-order valence-electron chi connectivity index (χ1n) is 11.6. The predicted octanol–water partition coefficient (Wildman–Crippen LogP) is 5.08. The van der Waals surface area contributed by atoms with Crippen molar-refractivity contribution in [1.29, 1.82) is 0 Å². The summed E-state index contributed by atoms with van der Waals surface area (Å²) in [5.41, 5.74) is 6.14. The Kier molecular flexibility index (Phi) is 6.29. The summed E-state index contributed by atoms with van der Waals surface area (Å²) >= 11 is 0. The molecule has 2 heterocycles. The number of carbonyl (C=O) groups is 1. The first kappa shape index (κ1) is 21.8. The average Bonchev–Trinajstić information content (AvgIpc) is 3.54. The Bertz CT molecular complexity index is 1280. The molecule has 0 atom stereocenters. The summed E-state index contributed by atoms with van der Waals surface area (Å²) in [5, 5.41) is 7.89. The van der Waals surface area contributed by atoms with Gasteiger partial charge in [-0.05, 0) is 59.9 Å². The van der Waals surface area contributed by atoms with E-state index in [0.717, 1.165) is 40.2 Å². The zero-order valence-electron chi connectivity index (χ0n) is 19.2. The molecular weight excluding hydrogens is 426 g/mol. The second-order valence-electron chi connectivity index (χ2n) is 8.30. The van der Waals surface area contributed by atoms with Crippen LogP contribution in [-0.4, -0.2) is 22.5 Å². The molecule has 0 bridgehead atoms. The second kappa shape index (κ2) is 9.83. The molecule has 0 fully saturated rings. The van der Waals surface area contributed by atoms with Gasteiger partial charge in [-0.15, -0.1) is 0 Å². The van der Waals surface area contributed by atoms with Crippen LogP contribution in [0.5, 0.6) is 11.5 Å². The lowest BCUT2D eigenvalue weighted by molar-refractivity contribution is -0.121. The maximum absolute atomic E-state index is 12.6. The Morgan fingerprint density at radius 2 is 1.74 bits per heavy atom.